The Balaban J connectivity index is 0.000000461. The molecule has 11 heavy (non-hydrogen) atoms. The molecule has 1 saturated heterocycles. The minimum absolute atomic E-state index is 0.517. The van der Waals surface area contributed by atoms with E-state index in [0.29, 0.717) is 6.10 Å². The first kappa shape index (κ1) is 11.0. The predicted molar refractivity (Wildman–Crippen MR) is 49.8 cm³/mol. The molecular weight excluding hydrogens is 136 g/mol. The summed E-state index contributed by atoms with van der Waals surface area (Å²) in [6.07, 6.45) is 4.40. The summed E-state index contributed by atoms with van der Waals surface area (Å²) in [5, 5.41) is 0. The molecule has 1 nitrogen and oxygen atoms in total. The third kappa shape index (κ3) is 4.41. The SMILES string of the molecule is CC.CC[C@H]1CCO[C@@H](C)C1. The fourth-order valence-corrected chi connectivity index (χ4v) is 1.46. The van der Waals surface area contributed by atoms with Crippen molar-refractivity contribution in [1.82, 2.24) is 0 Å². The largest absolute Gasteiger partial charge is 0.378 e. The van der Waals surface area contributed by atoms with Crippen LogP contribution < -0.4 is 0 Å². The molecule has 0 amide bonds. The Morgan fingerprint density at radius 2 is 2.00 bits per heavy atom. The average molecular weight is 158 g/mol. The van der Waals surface area contributed by atoms with E-state index in [4.69, 9.17) is 4.74 Å². The van der Waals surface area contributed by atoms with Gasteiger partial charge in [-0.3, -0.25) is 0 Å². The fourth-order valence-electron chi connectivity index (χ4n) is 1.46. The summed E-state index contributed by atoms with van der Waals surface area (Å²) in [5.74, 6) is 0.939. The van der Waals surface area contributed by atoms with Gasteiger partial charge in [0.2, 0.25) is 0 Å². The molecule has 1 heterocycles. The van der Waals surface area contributed by atoms with Gasteiger partial charge in [0.1, 0.15) is 0 Å². The van der Waals surface area contributed by atoms with Crippen molar-refractivity contribution in [3.8, 4) is 0 Å². The molecule has 1 heteroatoms. The van der Waals surface area contributed by atoms with E-state index >= 15 is 0 Å². The second-order valence-electron chi connectivity index (χ2n) is 2.98. The first-order chi connectivity index (χ1) is 5.33. The van der Waals surface area contributed by atoms with Crippen LogP contribution in [-0.2, 0) is 4.74 Å². The van der Waals surface area contributed by atoms with Crippen LogP contribution in [0, 0.1) is 5.92 Å². The van der Waals surface area contributed by atoms with Crippen molar-refractivity contribution in [1.29, 1.82) is 0 Å². The quantitative estimate of drug-likeness (QED) is 0.569. The molecule has 0 aromatic carbocycles. The molecular formula is C10H22O. The van der Waals surface area contributed by atoms with E-state index in [1.165, 1.54) is 19.3 Å². The van der Waals surface area contributed by atoms with Gasteiger partial charge in [-0.25, -0.2) is 0 Å². The summed E-state index contributed by atoms with van der Waals surface area (Å²) in [5.41, 5.74) is 0. The van der Waals surface area contributed by atoms with Crippen LogP contribution in [0.5, 0.6) is 0 Å². The van der Waals surface area contributed by atoms with Gasteiger partial charge in [-0.2, -0.15) is 0 Å². The topological polar surface area (TPSA) is 9.23 Å². The Labute approximate surface area is 71.1 Å². The van der Waals surface area contributed by atoms with Crippen LogP contribution in [-0.4, -0.2) is 12.7 Å². The lowest BCUT2D eigenvalue weighted by atomic mass is 9.94. The second kappa shape index (κ2) is 6.66. The zero-order valence-electron chi connectivity index (χ0n) is 8.39. The minimum atomic E-state index is 0.517. The van der Waals surface area contributed by atoms with Crippen molar-refractivity contribution in [3.63, 3.8) is 0 Å². The van der Waals surface area contributed by atoms with Gasteiger partial charge >= 0.3 is 0 Å². The average Bonchev–Trinajstić information content (AvgIpc) is 2.08. The van der Waals surface area contributed by atoms with E-state index in [1.807, 2.05) is 13.8 Å². The highest BCUT2D eigenvalue weighted by molar-refractivity contribution is 4.66. The maximum Gasteiger partial charge on any atom is 0.0549 e. The molecule has 1 aliphatic rings. The predicted octanol–water partition coefficient (Wildman–Crippen LogP) is 3.24. The van der Waals surface area contributed by atoms with E-state index in [0.717, 1.165) is 12.5 Å². The molecule has 0 aromatic rings. The molecule has 68 valence electrons. The summed E-state index contributed by atoms with van der Waals surface area (Å²) in [6, 6.07) is 0. The number of ether oxygens (including phenoxy) is 1. The normalized spacial score (nSPS) is 30.5. The zero-order chi connectivity index (χ0) is 8.69. The highest BCUT2D eigenvalue weighted by atomic mass is 16.5. The van der Waals surface area contributed by atoms with Crippen LogP contribution in [0.4, 0.5) is 0 Å². The van der Waals surface area contributed by atoms with Gasteiger partial charge in [-0.05, 0) is 25.7 Å². The van der Waals surface area contributed by atoms with E-state index < -0.39 is 0 Å². The van der Waals surface area contributed by atoms with Gasteiger partial charge in [0.05, 0.1) is 6.10 Å². The zero-order valence-corrected chi connectivity index (χ0v) is 8.39. The molecule has 0 aliphatic carbocycles. The van der Waals surface area contributed by atoms with Gasteiger partial charge in [-0.15, -0.1) is 0 Å². The summed E-state index contributed by atoms with van der Waals surface area (Å²) < 4.78 is 5.41. The van der Waals surface area contributed by atoms with Crippen LogP contribution in [0.3, 0.4) is 0 Å². The highest BCUT2D eigenvalue weighted by Crippen LogP contribution is 2.21. The summed E-state index contributed by atoms with van der Waals surface area (Å²) >= 11 is 0. The van der Waals surface area contributed by atoms with Crippen molar-refractivity contribution in [3.05, 3.63) is 0 Å². The Hall–Kier alpha value is -0.0400. The maximum absolute atomic E-state index is 5.41. The Morgan fingerprint density at radius 1 is 1.36 bits per heavy atom. The molecule has 1 fully saturated rings. The number of hydrogen-bond donors (Lipinski definition) is 0. The summed E-state index contributed by atoms with van der Waals surface area (Å²) in [6.45, 7) is 9.42. The first-order valence-electron chi connectivity index (χ1n) is 4.94. The summed E-state index contributed by atoms with van der Waals surface area (Å²) in [4.78, 5) is 0. The number of rotatable bonds is 1. The van der Waals surface area contributed by atoms with Crippen molar-refractivity contribution < 1.29 is 4.74 Å². The number of hydrogen-bond acceptors (Lipinski definition) is 1. The Bertz CT molecular complexity index is 80.9. The van der Waals surface area contributed by atoms with Gasteiger partial charge in [-0.1, -0.05) is 27.2 Å². The molecule has 1 aliphatic heterocycles. The van der Waals surface area contributed by atoms with Crippen LogP contribution >= 0.6 is 0 Å². The standard InChI is InChI=1S/C8H16O.C2H6/c1-3-8-4-5-9-7(2)6-8;1-2/h7-8H,3-6H2,1-2H3;1-2H3/t7-,8-;/m0./s1. The molecule has 0 saturated carbocycles. The van der Waals surface area contributed by atoms with E-state index in [-0.39, 0.29) is 0 Å². The fraction of sp³-hybridized carbons (Fsp3) is 1.00. The third-order valence-electron chi connectivity index (χ3n) is 2.17. The molecule has 0 unspecified atom stereocenters. The molecule has 0 aromatic heterocycles. The molecule has 0 spiro atoms. The first-order valence-corrected chi connectivity index (χ1v) is 4.94. The Morgan fingerprint density at radius 3 is 2.36 bits per heavy atom. The van der Waals surface area contributed by atoms with Crippen molar-refractivity contribution in [2.75, 3.05) is 6.61 Å². The molecule has 0 N–H and O–H groups in total. The highest BCUT2D eigenvalue weighted by Gasteiger charge is 2.16. The van der Waals surface area contributed by atoms with Crippen molar-refractivity contribution >= 4 is 0 Å². The van der Waals surface area contributed by atoms with Gasteiger partial charge in [0, 0.05) is 6.61 Å². The minimum Gasteiger partial charge on any atom is -0.378 e. The van der Waals surface area contributed by atoms with Crippen molar-refractivity contribution in [2.24, 2.45) is 5.92 Å². The van der Waals surface area contributed by atoms with Gasteiger partial charge < -0.3 is 4.74 Å². The third-order valence-corrected chi connectivity index (χ3v) is 2.17. The van der Waals surface area contributed by atoms with Crippen LogP contribution in [0.2, 0.25) is 0 Å². The molecule has 1 rings (SSSR count). The maximum atomic E-state index is 5.41. The monoisotopic (exact) mass is 158 g/mol. The van der Waals surface area contributed by atoms with Crippen molar-refractivity contribution in [2.45, 2.75) is 53.1 Å². The molecule has 0 bridgehead atoms. The second-order valence-corrected chi connectivity index (χ2v) is 2.98. The Kier molecular flexibility index (Phi) is 6.63. The molecule has 0 radical (unpaired) electrons. The lowest BCUT2D eigenvalue weighted by Crippen LogP contribution is -2.22. The van der Waals surface area contributed by atoms with Gasteiger partial charge in [0.15, 0.2) is 0 Å². The lowest BCUT2D eigenvalue weighted by molar-refractivity contribution is 0.00195. The van der Waals surface area contributed by atoms with Gasteiger partial charge in [0.25, 0.3) is 0 Å². The summed E-state index contributed by atoms with van der Waals surface area (Å²) in [7, 11) is 0. The lowest BCUT2D eigenvalue weighted by Gasteiger charge is -2.25. The van der Waals surface area contributed by atoms with E-state index in [1.54, 1.807) is 0 Å². The molecule has 2 atom stereocenters. The van der Waals surface area contributed by atoms with Crippen LogP contribution in [0.15, 0.2) is 0 Å². The van der Waals surface area contributed by atoms with E-state index in [2.05, 4.69) is 13.8 Å². The van der Waals surface area contributed by atoms with E-state index in [9.17, 15) is 0 Å². The van der Waals surface area contributed by atoms with Crippen LogP contribution in [0.1, 0.15) is 47.0 Å². The smallest absolute Gasteiger partial charge is 0.0549 e. The van der Waals surface area contributed by atoms with Crippen LogP contribution in [0.25, 0.3) is 0 Å².